The second-order valence-electron chi connectivity index (χ2n) is 4.60. The second-order valence-corrected chi connectivity index (χ2v) is 4.60. The molecule has 0 aromatic heterocycles. The molecule has 0 saturated carbocycles. The fourth-order valence-electron chi connectivity index (χ4n) is 2.15. The Morgan fingerprint density at radius 2 is 1.90 bits per heavy atom. The van der Waals surface area contributed by atoms with Gasteiger partial charge in [0, 0.05) is 13.1 Å². The number of ether oxygens (including phenoxy) is 1. The van der Waals surface area contributed by atoms with Crippen molar-refractivity contribution in [3.05, 3.63) is 54.1 Å². The van der Waals surface area contributed by atoms with E-state index in [-0.39, 0.29) is 6.03 Å². The molecule has 0 aliphatic rings. The summed E-state index contributed by atoms with van der Waals surface area (Å²) in [6.45, 7) is 2.99. The minimum atomic E-state index is -0.155. The van der Waals surface area contributed by atoms with Crippen molar-refractivity contribution in [2.24, 2.45) is 0 Å². The predicted molar refractivity (Wildman–Crippen MR) is 84.3 cm³/mol. The molecule has 2 aromatic rings. The summed E-state index contributed by atoms with van der Waals surface area (Å²) in [6.07, 6.45) is 0. The summed E-state index contributed by atoms with van der Waals surface area (Å²) in [5.74, 6) is 0.819. The molecule has 0 heterocycles. The van der Waals surface area contributed by atoms with Gasteiger partial charge in [0.25, 0.3) is 0 Å². The van der Waals surface area contributed by atoms with Gasteiger partial charge in [0.1, 0.15) is 5.75 Å². The van der Waals surface area contributed by atoms with Gasteiger partial charge in [0.15, 0.2) is 0 Å². The van der Waals surface area contributed by atoms with Crippen molar-refractivity contribution in [3.8, 4) is 16.9 Å². The van der Waals surface area contributed by atoms with Crippen LogP contribution in [0.1, 0.15) is 12.5 Å². The SMILES string of the molecule is CCNC(=O)NCc1ccccc1-c1cccc(OC)c1. The molecule has 110 valence electrons. The van der Waals surface area contributed by atoms with Crippen LogP contribution in [0, 0.1) is 0 Å². The summed E-state index contributed by atoms with van der Waals surface area (Å²) < 4.78 is 5.27. The first kappa shape index (κ1) is 14.9. The third-order valence-electron chi connectivity index (χ3n) is 3.17. The molecule has 2 N–H and O–H groups in total. The molecule has 0 atom stereocenters. The van der Waals surface area contributed by atoms with E-state index in [0.29, 0.717) is 13.1 Å². The lowest BCUT2D eigenvalue weighted by Gasteiger charge is -2.12. The molecule has 4 heteroatoms. The van der Waals surface area contributed by atoms with Gasteiger partial charge in [-0.15, -0.1) is 0 Å². The number of nitrogens with one attached hydrogen (secondary N) is 2. The van der Waals surface area contributed by atoms with Gasteiger partial charge in [-0.05, 0) is 35.7 Å². The summed E-state index contributed by atoms with van der Waals surface area (Å²) in [5, 5.41) is 5.58. The number of amides is 2. The Kier molecular flexibility index (Phi) is 5.21. The van der Waals surface area contributed by atoms with Crippen LogP contribution in [0.15, 0.2) is 48.5 Å². The van der Waals surface area contributed by atoms with Crippen molar-refractivity contribution < 1.29 is 9.53 Å². The van der Waals surface area contributed by atoms with E-state index in [4.69, 9.17) is 4.74 Å². The van der Waals surface area contributed by atoms with Crippen LogP contribution in [0.3, 0.4) is 0 Å². The van der Waals surface area contributed by atoms with Gasteiger partial charge in [-0.3, -0.25) is 0 Å². The Balaban J connectivity index is 2.21. The number of urea groups is 1. The molecule has 0 aliphatic heterocycles. The van der Waals surface area contributed by atoms with Crippen molar-refractivity contribution in [2.45, 2.75) is 13.5 Å². The summed E-state index contributed by atoms with van der Waals surface area (Å²) in [4.78, 5) is 11.5. The van der Waals surface area contributed by atoms with E-state index >= 15 is 0 Å². The van der Waals surface area contributed by atoms with Crippen LogP contribution in [-0.2, 0) is 6.54 Å². The maximum absolute atomic E-state index is 11.5. The van der Waals surface area contributed by atoms with E-state index in [1.165, 1.54) is 0 Å². The number of benzene rings is 2. The first-order valence-electron chi connectivity index (χ1n) is 6.98. The summed E-state index contributed by atoms with van der Waals surface area (Å²) in [6, 6.07) is 15.8. The Morgan fingerprint density at radius 1 is 1.10 bits per heavy atom. The van der Waals surface area contributed by atoms with E-state index < -0.39 is 0 Å². The Hall–Kier alpha value is -2.49. The van der Waals surface area contributed by atoms with Gasteiger partial charge >= 0.3 is 6.03 Å². The van der Waals surface area contributed by atoms with Crippen LogP contribution >= 0.6 is 0 Å². The molecule has 0 bridgehead atoms. The zero-order valence-electron chi connectivity index (χ0n) is 12.3. The lowest BCUT2D eigenvalue weighted by Crippen LogP contribution is -2.34. The van der Waals surface area contributed by atoms with Gasteiger partial charge in [0.2, 0.25) is 0 Å². The first-order valence-corrected chi connectivity index (χ1v) is 6.98. The highest BCUT2D eigenvalue weighted by atomic mass is 16.5. The number of hydrogen-bond donors (Lipinski definition) is 2. The molecule has 0 saturated heterocycles. The van der Waals surface area contributed by atoms with Crippen LogP contribution < -0.4 is 15.4 Å². The lowest BCUT2D eigenvalue weighted by molar-refractivity contribution is 0.241. The van der Waals surface area contributed by atoms with Crippen molar-refractivity contribution >= 4 is 6.03 Å². The molecule has 2 rings (SSSR count). The molecular weight excluding hydrogens is 264 g/mol. The largest absolute Gasteiger partial charge is 0.497 e. The molecule has 0 unspecified atom stereocenters. The van der Waals surface area contributed by atoms with E-state index in [2.05, 4.69) is 10.6 Å². The van der Waals surface area contributed by atoms with Gasteiger partial charge in [0.05, 0.1) is 7.11 Å². The average molecular weight is 284 g/mol. The molecule has 2 amide bonds. The third-order valence-corrected chi connectivity index (χ3v) is 3.17. The number of carbonyl (C=O) groups excluding carboxylic acids is 1. The fourth-order valence-corrected chi connectivity index (χ4v) is 2.15. The number of rotatable bonds is 5. The normalized spacial score (nSPS) is 10.0. The smallest absolute Gasteiger partial charge is 0.315 e. The molecular formula is C17H20N2O2. The van der Waals surface area contributed by atoms with Crippen molar-refractivity contribution in [1.82, 2.24) is 10.6 Å². The fraction of sp³-hybridized carbons (Fsp3) is 0.235. The molecule has 0 aliphatic carbocycles. The summed E-state index contributed by atoms with van der Waals surface area (Å²) in [5.41, 5.74) is 3.23. The van der Waals surface area contributed by atoms with Gasteiger partial charge in [-0.1, -0.05) is 36.4 Å². The molecule has 4 nitrogen and oxygen atoms in total. The number of methoxy groups -OCH3 is 1. The monoisotopic (exact) mass is 284 g/mol. The Morgan fingerprint density at radius 3 is 2.67 bits per heavy atom. The van der Waals surface area contributed by atoms with E-state index in [1.54, 1.807) is 7.11 Å². The van der Waals surface area contributed by atoms with Crippen LogP contribution in [0.4, 0.5) is 4.79 Å². The van der Waals surface area contributed by atoms with Crippen molar-refractivity contribution in [1.29, 1.82) is 0 Å². The summed E-state index contributed by atoms with van der Waals surface area (Å²) in [7, 11) is 1.65. The maximum atomic E-state index is 11.5. The topological polar surface area (TPSA) is 50.4 Å². The van der Waals surface area contributed by atoms with E-state index in [0.717, 1.165) is 22.4 Å². The van der Waals surface area contributed by atoms with Gasteiger partial charge < -0.3 is 15.4 Å². The molecule has 0 spiro atoms. The molecule has 0 fully saturated rings. The zero-order chi connectivity index (χ0) is 15.1. The van der Waals surface area contributed by atoms with Gasteiger partial charge in [-0.25, -0.2) is 4.79 Å². The molecule has 21 heavy (non-hydrogen) atoms. The highest BCUT2D eigenvalue weighted by Gasteiger charge is 2.07. The van der Waals surface area contributed by atoms with Crippen molar-refractivity contribution in [2.75, 3.05) is 13.7 Å². The second kappa shape index (κ2) is 7.33. The zero-order valence-corrected chi connectivity index (χ0v) is 12.3. The van der Waals surface area contributed by atoms with Crippen LogP contribution in [0.2, 0.25) is 0 Å². The maximum Gasteiger partial charge on any atom is 0.315 e. The predicted octanol–water partition coefficient (Wildman–Crippen LogP) is 3.18. The quantitative estimate of drug-likeness (QED) is 0.886. The molecule has 0 radical (unpaired) electrons. The van der Waals surface area contributed by atoms with Crippen molar-refractivity contribution in [3.63, 3.8) is 0 Å². The van der Waals surface area contributed by atoms with Crippen LogP contribution in [0.5, 0.6) is 5.75 Å². The van der Waals surface area contributed by atoms with Crippen LogP contribution in [0.25, 0.3) is 11.1 Å². The number of carbonyl (C=O) groups is 1. The van der Waals surface area contributed by atoms with E-state index in [1.807, 2.05) is 55.5 Å². The lowest BCUT2D eigenvalue weighted by atomic mass is 9.99. The highest BCUT2D eigenvalue weighted by molar-refractivity contribution is 5.75. The number of hydrogen-bond acceptors (Lipinski definition) is 2. The first-order chi connectivity index (χ1) is 10.2. The standard InChI is InChI=1S/C17H20N2O2/c1-3-18-17(20)19-12-14-7-4-5-10-16(14)13-8-6-9-15(11-13)21-2/h4-11H,3,12H2,1-2H3,(H2,18,19,20). The van der Waals surface area contributed by atoms with Crippen LogP contribution in [-0.4, -0.2) is 19.7 Å². The Labute approximate surface area is 125 Å². The minimum absolute atomic E-state index is 0.155. The summed E-state index contributed by atoms with van der Waals surface area (Å²) >= 11 is 0. The third kappa shape index (κ3) is 3.99. The highest BCUT2D eigenvalue weighted by Crippen LogP contribution is 2.26. The van der Waals surface area contributed by atoms with E-state index in [9.17, 15) is 4.79 Å². The minimum Gasteiger partial charge on any atom is -0.497 e. The van der Waals surface area contributed by atoms with Gasteiger partial charge in [-0.2, -0.15) is 0 Å². The molecule has 2 aromatic carbocycles. The Bertz CT molecular complexity index is 611. The average Bonchev–Trinajstić information content (AvgIpc) is 2.53.